The zero-order chi connectivity index (χ0) is 11.3. The highest BCUT2D eigenvalue weighted by Crippen LogP contribution is 2.25. The van der Waals surface area contributed by atoms with Crippen LogP contribution in [0.3, 0.4) is 0 Å². The minimum atomic E-state index is -0.941. The number of hydrogen-bond donors (Lipinski definition) is 2. The Morgan fingerprint density at radius 3 is 2.93 bits per heavy atom. The first-order chi connectivity index (χ1) is 7.15. The molecule has 3 N–H and O–H groups in total. The van der Waals surface area contributed by atoms with Gasteiger partial charge in [0.1, 0.15) is 0 Å². The highest BCUT2D eigenvalue weighted by Gasteiger charge is 2.06. The SMILES string of the molecule is COCCSc1cc(C(=O)O)ccc1N. The van der Waals surface area contributed by atoms with Gasteiger partial charge in [0.05, 0.1) is 12.2 Å². The molecule has 5 heteroatoms. The molecule has 0 aliphatic rings. The third-order valence-electron chi connectivity index (χ3n) is 1.81. The number of carbonyl (C=O) groups is 1. The van der Waals surface area contributed by atoms with Crippen LogP contribution >= 0.6 is 11.8 Å². The molecule has 0 aromatic heterocycles. The molecule has 0 aliphatic carbocycles. The maximum atomic E-state index is 10.7. The lowest BCUT2D eigenvalue weighted by Crippen LogP contribution is -1.99. The fraction of sp³-hybridized carbons (Fsp3) is 0.300. The molecule has 0 amide bonds. The normalized spacial score (nSPS) is 10.2. The molecule has 0 unspecified atom stereocenters. The predicted molar refractivity (Wildman–Crippen MR) is 60.4 cm³/mol. The smallest absolute Gasteiger partial charge is 0.335 e. The summed E-state index contributed by atoms with van der Waals surface area (Å²) in [6, 6.07) is 4.69. The van der Waals surface area contributed by atoms with Crippen molar-refractivity contribution in [2.24, 2.45) is 0 Å². The van der Waals surface area contributed by atoms with Crippen molar-refractivity contribution in [3.8, 4) is 0 Å². The fourth-order valence-electron chi connectivity index (χ4n) is 1.03. The van der Waals surface area contributed by atoms with Gasteiger partial charge in [0, 0.05) is 23.4 Å². The van der Waals surface area contributed by atoms with Gasteiger partial charge < -0.3 is 15.6 Å². The molecule has 1 rings (SSSR count). The summed E-state index contributed by atoms with van der Waals surface area (Å²) in [6.45, 7) is 0.613. The molecule has 0 bridgehead atoms. The van der Waals surface area contributed by atoms with E-state index in [2.05, 4.69) is 0 Å². The standard InChI is InChI=1S/C10H13NO3S/c1-14-4-5-15-9-6-7(10(12)13)2-3-8(9)11/h2-3,6H,4-5,11H2,1H3,(H,12,13). The molecule has 82 valence electrons. The van der Waals surface area contributed by atoms with Gasteiger partial charge in [0.2, 0.25) is 0 Å². The summed E-state index contributed by atoms with van der Waals surface area (Å²) in [5, 5.41) is 8.80. The van der Waals surface area contributed by atoms with Gasteiger partial charge in [-0.3, -0.25) is 0 Å². The van der Waals surface area contributed by atoms with E-state index < -0.39 is 5.97 Å². The Bertz CT molecular complexity index is 355. The molecule has 15 heavy (non-hydrogen) atoms. The van der Waals surface area contributed by atoms with Crippen LogP contribution in [0.2, 0.25) is 0 Å². The van der Waals surface area contributed by atoms with Crippen molar-refractivity contribution in [1.82, 2.24) is 0 Å². The third-order valence-corrected chi connectivity index (χ3v) is 2.84. The minimum absolute atomic E-state index is 0.254. The summed E-state index contributed by atoms with van der Waals surface area (Å²) >= 11 is 1.49. The predicted octanol–water partition coefficient (Wildman–Crippen LogP) is 1.71. The van der Waals surface area contributed by atoms with Gasteiger partial charge in [0.15, 0.2) is 0 Å². The molecule has 0 spiro atoms. The largest absolute Gasteiger partial charge is 0.478 e. The molecule has 1 aromatic carbocycles. The van der Waals surface area contributed by atoms with Crippen LogP contribution in [0.4, 0.5) is 5.69 Å². The first-order valence-electron chi connectivity index (χ1n) is 4.39. The lowest BCUT2D eigenvalue weighted by molar-refractivity contribution is 0.0696. The van der Waals surface area contributed by atoms with Crippen LogP contribution in [0.1, 0.15) is 10.4 Å². The van der Waals surface area contributed by atoms with Gasteiger partial charge in [-0.2, -0.15) is 0 Å². The minimum Gasteiger partial charge on any atom is -0.478 e. The molecule has 0 saturated carbocycles. The van der Waals surface area contributed by atoms with E-state index in [-0.39, 0.29) is 5.56 Å². The van der Waals surface area contributed by atoms with Crippen molar-refractivity contribution in [3.63, 3.8) is 0 Å². The van der Waals surface area contributed by atoms with Crippen molar-refractivity contribution in [2.75, 3.05) is 25.2 Å². The van der Waals surface area contributed by atoms with Crippen LogP contribution in [0.25, 0.3) is 0 Å². The Morgan fingerprint density at radius 1 is 1.60 bits per heavy atom. The average Bonchev–Trinajstić information content (AvgIpc) is 2.20. The lowest BCUT2D eigenvalue weighted by atomic mass is 10.2. The number of thioether (sulfide) groups is 1. The number of methoxy groups -OCH3 is 1. The second-order valence-electron chi connectivity index (χ2n) is 2.90. The van der Waals surface area contributed by atoms with E-state index in [0.29, 0.717) is 12.3 Å². The number of rotatable bonds is 5. The first kappa shape index (κ1) is 11.9. The Balaban J connectivity index is 2.76. The van der Waals surface area contributed by atoms with E-state index in [1.54, 1.807) is 19.2 Å². The molecule has 0 heterocycles. The number of anilines is 1. The van der Waals surface area contributed by atoms with Gasteiger partial charge in [-0.25, -0.2) is 4.79 Å². The Labute approximate surface area is 92.4 Å². The number of ether oxygens (including phenoxy) is 1. The Morgan fingerprint density at radius 2 is 2.33 bits per heavy atom. The number of carboxylic acid groups (broad SMARTS) is 1. The van der Waals surface area contributed by atoms with Gasteiger partial charge in [-0.15, -0.1) is 11.8 Å². The monoisotopic (exact) mass is 227 g/mol. The third kappa shape index (κ3) is 3.45. The highest BCUT2D eigenvalue weighted by atomic mass is 32.2. The van der Waals surface area contributed by atoms with Crippen LogP contribution in [0.15, 0.2) is 23.1 Å². The van der Waals surface area contributed by atoms with E-state index in [9.17, 15) is 4.79 Å². The topological polar surface area (TPSA) is 72.5 Å². The zero-order valence-corrected chi connectivity index (χ0v) is 9.21. The maximum absolute atomic E-state index is 10.7. The summed E-state index contributed by atoms with van der Waals surface area (Å²) in [5.74, 6) is -0.187. The number of carboxylic acids is 1. The van der Waals surface area contributed by atoms with Crippen LogP contribution < -0.4 is 5.73 Å². The van der Waals surface area contributed by atoms with Gasteiger partial charge in [-0.05, 0) is 18.2 Å². The van der Waals surface area contributed by atoms with Crippen LogP contribution in [-0.4, -0.2) is 30.5 Å². The van der Waals surface area contributed by atoms with Gasteiger partial charge >= 0.3 is 5.97 Å². The number of benzene rings is 1. The first-order valence-corrected chi connectivity index (χ1v) is 5.38. The lowest BCUT2D eigenvalue weighted by Gasteiger charge is -2.05. The molecule has 4 nitrogen and oxygen atoms in total. The van der Waals surface area contributed by atoms with E-state index >= 15 is 0 Å². The number of hydrogen-bond acceptors (Lipinski definition) is 4. The quantitative estimate of drug-likeness (QED) is 0.455. The van der Waals surface area contributed by atoms with Crippen molar-refractivity contribution in [1.29, 1.82) is 0 Å². The molecule has 0 saturated heterocycles. The van der Waals surface area contributed by atoms with Crippen molar-refractivity contribution in [3.05, 3.63) is 23.8 Å². The Kier molecular flexibility index (Phi) is 4.45. The number of nitrogens with two attached hydrogens (primary N) is 1. The molecule has 0 fully saturated rings. The van der Waals surface area contributed by atoms with Crippen molar-refractivity contribution in [2.45, 2.75) is 4.90 Å². The Hall–Kier alpha value is -1.20. The van der Waals surface area contributed by atoms with E-state index in [1.165, 1.54) is 17.8 Å². The summed E-state index contributed by atoms with van der Waals surface area (Å²) < 4.78 is 4.90. The zero-order valence-electron chi connectivity index (χ0n) is 8.40. The van der Waals surface area contributed by atoms with Crippen molar-refractivity contribution < 1.29 is 14.6 Å². The molecule has 0 aliphatic heterocycles. The van der Waals surface area contributed by atoms with E-state index in [4.69, 9.17) is 15.6 Å². The summed E-state index contributed by atoms with van der Waals surface area (Å²) in [6.07, 6.45) is 0. The molecule has 0 atom stereocenters. The van der Waals surface area contributed by atoms with Gasteiger partial charge in [-0.1, -0.05) is 0 Å². The van der Waals surface area contributed by atoms with Crippen LogP contribution in [-0.2, 0) is 4.74 Å². The second-order valence-corrected chi connectivity index (χ2v) is 4.04. The van der Waals surface area contributed by atoms with Gasteiger partial charge in [0.25, 0.3) is 0 Å². The van der Waals surface area contributed by atoms with E-state index in [0.717, 1.165) is 10.6 Å². The molecule has 1 aromatic rings. The summed E-state index contributed by atoms with van der Waals surface area (Å²) in [4.78, 5) is 11.5. The fourth-order valence-corrected chi connectivity index (χ4v) is 1.94. The van der Waals surface area contributed by atoms with E-state index in [1.807, 2.05) is 0 Å². The molecular formula is C10H13NO3S. The van der Waals surface area contributed by atoms with Crippen molar-refractivity contribution >= 4 is 23.4 Å². The highest BCUT2D eigenvalue weighted by molar-refractivity contribution is 7.99. The molecular weight excluding hydrogens is 214 g/mol. The average molecular weight is 227 g/mol. The number of aromatic carboxylic acids is 1. The number of nitrogen functional groups attached to an aromatic ring is 1. The summed E-state index contributed by atoms with van der Waals surface area (Å²) in [5.41, 5.74) is 6.57. The van der Waals surface area contributed by atoms with Crippen LogP contribution in [0.5, 0.6) is 0 Å². The molecule has 0 radical (unpaired) electrons. The summed E-state index contributed by atoms with van der Waals surface area (Å²) in [7, 11) is 1.62. The second kappa shape index (κ2) is 5.63. The maximum Gasteiger partial charge on any atom is 0.335 e. The van der Waals surface area contributed by atoms with Crippen LogP contribution in [0, 0.1) is 0 Å².